The van der Waals surface area contributed by atoms with E-state index in [0.717, 1.165) is 5.69 Å². The van der Waals surface area contributed by atoms with Gasteiger partial charge in [0.1, 0.15) is 17.3 Å². The van der Waals surface area contributed by atoms with Crippen LogP contribution >= 0.6 is 11.8 Å². The molecule has 178 valence electrons. The Kier molecular flexibility index (Phi) is 8.02. The van der Waals surface area contributed by atoms with Crippen LogP contribution in [0, 0.1) is 23.2 Å². The van der Waals surface area contributed by atoms with Crippen LogP contribution in [0.25, 0.3) is 0 Å². The molecule has 1 aromatic rings. The molecule has 2 amide bonds. The number of hydrogen-bond acceptors (Lipinski definition) is 8. The molecule has 2 N–H and O–H groups in total. The molecule has 0 bridgehead atoms. The average molecular weight is 479 g/mol. The van der Waals surface area contributed by atoms with Gasteiger partial charge in [-0.25, -0.2) is 9.18 Å². The highest BCUT2D eigenvalue weighted by Crippen LogP contribution is 2.66. The minimum absolute atomic E-state index is 0.0968. The van der Waals surface area contributed by atoms with Crippen molar-refractivity contribution in [3.05, 3.63) is 24.3 Å². The summed E-state index contributed by atoms with van der Waals surface area (Å²) in [7, 11) is 1.29. The maximum Gasteiger partial charge on any atom is 0.343 e. The summed E-state index contributed by atoms with van der Waals surface area (Å²) in [5.41, 5.74) is 0.764. The van der Waals surface area contributed by atoms with Gasteiger partial charge in [-0.15, -0.1) is 11.8 Å². The number of esters is 1. The Morgan fingerprint density at radius 3 is 2.82 bits per heavy atom. The predicted octanol–water partition coefficient (Wildman–Crippen LogP) is 1.56. The standard InChI is InChI=1S/C22H27FN4O5S/c1-3-27-21(30)17(33-22(27)16(12-24)19(22)20(29)26-10-8-23)7-9-25-14-5-4-6-15(11-14)32-13-18(28)31-2/h4-6,11,16-17,19,25H,3,7-10,13H2,1-2H3,(H,26,29). The Morgan fingerprint density at radius 2 is 2.15 bits per heavy atom. The number of amides is 2. The van der Waals surface area contributed by atoms with Crippen LogP contribution in [0.2, 0.25) is 0 Å². The number of carbonyl (C=O) groups excluding carboxylic acids is 3. The highest BCUT2D eigenvalue weighted by molar-refractivity contribution is 8.02. The highest BCUT2D eigenvalue weighted by atomic mass is 32.2. The summed E-state index contributed by atoms with van der Waals surface area (Å²) in [5, 5.41) is 14.9. The number of anilines is 1. The largest absolute Gasteiger partial charge is 0.482 e. The number of alkyl halides is 1. The zero-order chi connectivity index (χ0) is 24.0. The van der Waals surface area contributed by atoms with E-state index in [4.69, 9.17) is 4.74 Å². The molecule has 9 nitrogen and oxygen atoms in total. The lowest BCUT2D eigenvalue weighted by atomic mass is 10.2. The zero-order valence-electron chi connectivity index (χ0n) is 18.5. The number of halogens is 1. The highest BCUT2D eigenvalue weighted by Gasteiger charge is 2.77. The molecular weight excluding hydrogens is 451 g/mol. The monoisotopic (exact) mass is 478 g/mol. The van der Waals surface area contributed by atoms with Crippen LogP contribution in [0.3, 0.4) is 0 Å². The first-order chi connectivity index (χ1) is 15.9. The van der Waals surface area contributed by atoms with E-state index in [1.54, 1.807) is 23.1 Å². The van der Waals surface area contributed by atoms with E-state index in [1.807, 2.05) is 13.0 Å². The molecule has 2 aliphatic rings. The molecule has 4 atom stereocenters. The number of thioether (sulfide) groups is 1. The minimum atomic E-state index is -0.882. The van der Waals surface area contributed by atoms with Crippen molar-refractivity contribution in [3.8, 4) is 11.8 Å². The van der Waals surface area contributed by atoms with Gasteiger partial charge in [-0.2, -0.15) is 5.26 Å². The summed E-state index contributed by atoms with van der Waals surface area (Å²) in [6.07, 6.45) is 0.492. The molecular formula is C22H27FN4O5S. The van der Waals surface area contributed by atoms with E-state index < -0.39 is 34.6 Å². The predicted molar refractivity (Wildman–Crippen MR) is 120 cm³/mol. The Morgan fingerprint density at radius 1 is 1.36 bits per heavy atom. The summed E-state index contributed by atoms with van der Waals surface area (Å²) >= 11 is 1.36. The second-order valence-corrected chi connectivity index (χ2v) is 9.07. The molecule has 3 rings (SSSR count). The van der Waals surface area contributed by atoms with Crippen LogP contribution in [-0.2, 0) is 19.1 Å². The first-order valence-corrected chi connectivity index (χ1v) is 11.6. The molecule has 1 aliphatic heterocycles. The van der Waals surface area contributed by atoms with Gasteiger partial charge in [-0.1, -0.05) is 6.07 Å². The van der Waals surface area contributed by atoms with E-state index in [9.17, 15) is 24.0 Å². The second kappa shape index (κ2) is 10.7. The van der Waals surface area contributed by atoms with Gasteiger partial charge < -0.3 is 25.0 Å². The van der Waals surface area contributed by atoms with Gasteiger partial charge in [0.05, 0.1) is 30.3 Å². The number of ether oxygens (including phenoxy) is 2. The minimum Gasteiger partial charge on any atom is -0.482 e. The molecule has 1 aliphatic carbocycles. The number of rotatable bonds is 11. The Balaban J connectivity index is 1.59. The average Bonchev–Trinajstić information content (AvgIpc) is 3.38. The SMILES string of the molecule is CCN1C(=O)C(CCNc2cccc(OCC(=O)OC)c2)SC12C(C#N)C2C(=O)NCCF. The number of nitrogens with zero attached hydrogens (tertiary/aromatic N) is 2. The third-order valence-corrected chi connectivity index (χ3v) is 7.52. The zero-order valence-corrected chi connectivity index (χ0v) is 19.3. The van der Waals surface area contributed by atoms with Gasteiger partial charge in [0.15, 0.2) is 6.61 Å². The van der Waals surface area contributed by atoms with E-state index >= 15 is 0 Å². The van der Waals surface area contributed by atoms with Gasteiger partial charge in [0.2, 0.25) is 11.8 Å². The van der Waals surface area contributed by atoms with Crippen molar-refractivity contribution in [2.45, 2.75) is 23.5 Å². The summed E-state index contributed by atoms with van der Waals surface area (Å²) in [5.74, 6) is -1.74. The number of benzene rings is 1. The number of nitrogens with one attached hydrogen (secondary N) is 2. The summed E-state index contributed by atoms with van der Waals surface area (Å²) in [4.78, 5) is 37.5. The van der Waals surface area contributed by atoms with E-state index in [-0.39, 0.29) is 25.0 Å². The molecule has 33 heavy (non-hydrogen) atoms. The van der Waals surface area contributed by atoms with Crippen molar-refractivity contribution in [2.75, 3.05) is 45.3 Å². The van der Waals surface area contributed by atoms with Gasteiger partial charge in [-0.05, 0) is 25.5 Å². The molecule has 0 radical (unpaired) electrons. The fourth-order valence-electron chi connectivity index (χ4n) is 4.14. The smallest absolute Gasteiger partial charge is 0.343 e. The molecule has 1 aromatic carbocycles. The third-order valence-electron chi connectivity index (χ3n) is 5.70. The van der Waals surface area contributed by atoms with Crippen molar-refractivity contribution >= 4 is 35.2 Å². The van der Waals surface area contributed by atoms with Crippen molar-refractivity contribution in [1.29, 1.82) is 5.26 Å². The van der Waals surface area contributed by atoms with Gasteiger partial charge in [-0.3, -0.25) is 9.59 Å². The van der Waals surface area contributed by atoms with Crippen LogP contribution in [0.1, 0.15) is 13.3 Å². The molecule has 0 aromatic heterocycles. The fraction of sp³-hybridized carbons (Fsp3) is 0.545. The maximum absolute atomic E-state index is 13.0. The second-order valence-electron chi connectivity index (χ2n) is 7.61. The maximum atomic E-state index is 13.0. The fourth-order valence-corrected chi connectivity index (χ4v) is 6.06. The lowest BCUT2D eigenvalue weighted by Gasteiger charge is -2.22. The van der Waals surface area contributed by atoms with Crippen molar-refractivity contribution < 1.29 is 28.2 Å². The van der Waals surface area contributed by atoms with Crippen LogP contribution in [-0.4, -0.2) is 72.8 Å². The van der Waals surface area contributed by atoms with Crippen LogP contribution in [0.4, 0.5) is 10.1 Å². The van der Waals surface area contributed by atoms with E-state index in [0.29, 0.717) is 25.3 Å². The summed E-state index contributed by atoms with van der Waals surface area (Å²) in [6.45, 7) is 1.71. The van der Waals surface area contributed by atoms with Crippen LogP contribution in [0.5, 0.6) is 5.75 Å². The number of hydrogen-bond donors (Lipinski definition) is 2. The number of nitriles is 1. The topological polar surface area (TPSA) is 121 Å². The van der Waals surface area contributed by atoms with Gasteiger partial charge in [0.25, 0.3) is 0 Å². The van der Waals surface area contributed by atoms with Crippen molar-refractivity contribution in [2.24, 2.45) is 11.8 Å². The molecule has 1 saturated heterocycles. The Bertz CT molecular complexity index is 942. The lowest BCUT2D eigenvalue weighted by Crippen LogP contribution is -2.40. The third kappa shape index (κ3) is 5.00. The molecule has 11 heteroatoms. The van der Waals surface area contributed by atoms with E-state index in [2.05, 4.69) is 21.4 Å². The van der Waals surface area contributed by atoms with Crippen LogP contribution in [0.15, 0.2) is 24.3 Å². The van der Waals surface area contributed by atoms with E-state index in [1.165, 1.54) is 18.9 Å². The quantitative estimate of drug-likeness (QED) is 0.460. The Hall–Kier alpha value is -3.00. The molecule has 1 heterocycles. The first kappa shape index (κ1) is 24.6. The molecule has 1 saturated carbocycles. The normalized spacial score (nSPS) is 25.5. The van der Waals surface area contributed by atoms with Crippen LogP contribution < -0.4 is 15.4 Å². The molecule has 1 spiro atoms. The van der Waals surface area contributed by atoms with Crippen molar-refractivity contribution in [1.82, 2.24) is 10.2 Å². The Labute approximate surface area is 196 Å². The van der Waals surface area contributed by atoms with Crippen molar-refractivity contribution in [3.63, 3.8) is 0 Å². The molecule has 4 unspecified atom stereocenters. The lowest BCUT2D eigenvalue weighted by molar-refractivity contribution is -0.143. The number of carbonyl (C=O) groups is 3. The summed E-state index contributed by atoms with van der Waals surface area (Å²) < 4.78 is 22.4. The van der Waals surface area contributed by atoms with Gasteiger partial charge in [0, 0.05) is 31.4 Å². The molecule has 2 fully saturated rings. The first-order valence-electron chi connectivity index (χ1n) is 10.7. The van der Waals surface area contributed by atoms with Gasteiger partial charge >= 0.3 is 5.97 Å². The number of methoxy groups -OCH3 is 1. The summed E-state index contributed by atoms with van der Waals surface area (Å²) in [6, 6.07) is 9.24.